The normalized spacial score (nSPS) is 48.9. The predicted molar refractivity (Wildman–Crippen MR) is 103 cm³/mol. The number of fused-ring (bicyclic) bond motifs is 5. The number of hydrogen-bond donors (Lipinski definition) is 1. The zero-order valence-corrected chi connectivity index (χ0v) is 17.2. The van der Waals surface area contributed by atoms with Crippen molar-refractivity contribution in [2.45, 2.75) is 84.7 Å². The molecule has 4 rings (SSSR count). The van der Waals surface area contributed by atoms with Crippen LogP contribution in [0.15, 0.2) is 0 Å². The number of carbonyl (C=O) groups is 2. The standard InChI is InChI=1S/C23H36O4/c1-14(24)27-13-21(26)20-7-6-18-17-5-4-15-12-16(25)8-10-22(15,2)19(17)9-11-23(18,20)3/h15-20,25H,4-13H2,1-3H3/t15-,16-,17+,18+,19+,20-,22-,23-/m0/s1. The minimum absolute atomic E-state index is 0.0475. The van der Waals surface area contributed by atoms with Gasteiger partial charge < -0.3 is 9.84 Å². The highest BCUT2D eigenvalue weighted by Crippen LogP contribution is 2.67. The summed E-state index contributed by atoms with van der Waals surface area (Å²) < 4.78 is 5.03. The molecule has 0 aromatic carbocycles. The average Bonchev–Trinajstić information content (AvgIpc) is 2.97. The van der Waals surface area contributed by atoms with Crippen molar-refractivity contribution in [3.63, 3.8) is 0 Å². The first-order chi connectivity index (χ1) is 12.8. The second kappa shape index (κ2) is 6.86. The van der Waals surface area contributed by atoms with E-state index in [4.69, 9.17) is 4.74 Å². The highest BCUT2D eigenvalue weighted by molar-refractivity contribution is 5.85. The van der Waals surface area contributed by atoms with E-state index in [0.717, 1.165) is 50.4 Å². The van der Waals surface area contributed by atoms with Gasteiger partial charge in [-0.15, -0.1) is 0 Å². The molecule has 0 heterocycles. The van der Waals surface area contributed by atoms with Gasteiger partial charge in [0.1, 0.15) is 6.61 Å². The van der Waals surface area contributed by atoms with Crippen LogP contribution in [0.25, 0.3) is 0 Å². The van der Waals surface area contributed by atoms with Gasteiger partial charge in [0.15, 0.2) is 5.78 Å². The Kier molecular flexibility index (Phi) is 4.93. The zero-order chi connectivity index (χ0) is 19.4. The number of aliphatic hydroxyl groups excluding tert-OH is 1. The molecule has 27 heavy (non-hydrogen) atoms. The summed E-state index contributed by atoms with van der Waals surface area (Å²) in [5, 5.41) is 10.2. The summed E-state index contributed by atoms with van der Waals surface area (Å²) in [6, 6.07) is 0. The Hall–Kier alpha value is -0.900. The lowest BCUT2D eigenvalue weighted by Gasteiger charge is -2.60. The monoisotopic (exact) mass is 376 g/mol. The number of carbonyl (C=O) groups excluding carboxylic acids is 2. The number of ketones is 1. The molecule has 152 valence electrons. The van der Waals surface area contributed by atoms with E-state index in [2.05, 4.69) is 13.8 Å². The minimum Gasteiger partial charge on any atom is -0.458 e. The Bertz CT molecular complexity index is 615. The fourth-order valence-electron chi connectivity index (χ4n) is 8.04. The van der Waals surface area contributed by atoms with Crippen LogP contribution in [0, 0.1) is 40.4 Å². The van der Waals surface area contributed by atoms with Crippen LogP contribution in [0.1, 0.15) is 78.6 Å². The van der Waals surface area contributed by atoms with E-state index in [9.17, 15) is 14.7 Å². The second-order valence-corrected chi connectivity index (χ2v) is 10.5. The van der Waals surface area contributed by atoms with E-state index in [1.54, 1.807) is 0 Å². The quantitative estimate of drug-likeness (QED) is 0.752. The maximum absolute atomic E-state index is 12.8. The SMILES string of the molecule is CC(=O)OCC(=O)[C@@H]1CC[C@@H]2[C@H]3CC[C@H]4C[C@@H](O)CC[C@]4(C)[C@@H]3CC[C@@]21C. The summed E-state index contributed by atoms with van der Waals surface area (Å²) in [7, 11) is 0. The van der Waals surface area contributed by atoms with Crippen molar-refractivity contribution >= 4 is 11.8 Å². The molecule has 0 unspecified atom stereocenters. The maximum atomic E-state index is 12.8. The molecule has 1 N–H and O–H groups in total. The minimum atomic E-state index is -0.363. The molecule has 0 bridgehead atoms. The molecule has 0 aromatic rings. The third-order valence-corrected chi connectivity index (χ3v) is 9.44. The van der Waals surface area contributed by atoms with Crippen LogP contribution < -0.4 is 0 Å². The summed E-state index contributed by atoms with van der Waals surface area (Å²) in [5.74, 6) is 2.62. The zero-order valence-electron chi connectivity index (χ0n) is 17.2. The summed E-state index contributed by atoms with van der Waals surface area (Å²) in [4.78, 5) is 23.9. The van der Waals surface area contributed by atoms with Gasteiger partial charge in [-0.05, 0) is 92.3 Å². The number of Topliss-reactive ketones (excluding diaryl/α,β-unsaturated/α-hetero) is 1. The molecule has 4 nitrogen and oxygen atoms in total. The topological polar surface area (TPSA) is 63.6 Å². The van der Waals surface area contributed by atoms with Crippen LogP contribution in [0.5, 0.6) is 0 Å². The molecular weight excluding hydrogens is 340 g/mol. The van der Waals surface area contributed by atoms with E-state index < -0.39 is 0 Å². The third-order valence-electron chi connectivity index (χ3n) is 9.44. The van der Waals surface area contributed by atoms with Crippen LogP contribution in [-0.4, -0.2) is 29.6 Å². The fourth-order valence-corrected chi connectivity index (χ4v) is 8.04. The Morgan fingerprint density at radius 3 is 2.41 bits per heavy atom. The van der Waals surface area contributed by atoms with E-state index in [-0.39, 0.29) is 35.8 Å². The van der Waals surface area contributed by atoms with Gasteiger partial charge in [-0.25, -0.2) is 0 Å². The van der Waals surface area contributed by atoms with Crippen LogP contribution in [0.3, 0.4) is 0 Å². The van der Waals surface area contributed by atoms with Gasteiger partial charge in [-0.2, -0.15) is 0 Å². The van der Waals surface area contributed by atoms with Gasteiger partial charge in [-0.3, -0.25) is 9.59 Å². The van der Waals surface area contributed by atoms with E-state index >= 15 is 0 Å². The molecule has 4 fully saturated rings. The van der Waals surface area contributed by atoms with Crippen molar-refractivity contribution in [1.29, 1.82) is 0 Å². The molecule has 4 heteroatoms. The summed E-state index contributed by atoms with van der Waals surface area (Å²) in [5.41, 5.74) is 0.457. The van der Waals surface area contributed by atoms with E-state index in [1.165, 1.54) is 26.2 Å². The van der Waals surface area contributed by atoms with Crippen molar-refractivity contribution in [3.05, 3.63) is 0 Å². The predicted octanol–water partition coefficient (Wildman–Crippen LogP) is 4.14. The average molecular weight is 377 g/mol. The third kappa shape index (κ3) is 3.07. The Labute approximate surface area is 163 Å². The van der Waals surface area contributed by atoms with Gasteiger partial charge in [0.2, 0.25) is 0 Å². The summed E-state index contributed by atoms with van der Waals surface area (Å²) >= 11 is 0. The Balaban J connectivity index is 1.52. The molecule has 0 aliphatic heterocycles. The largest absolute Gasteiger partial charge is 0.458 e. The first-order valence-corrected chi connectivity index (χ1v) is 11.1. The molecule has 0 saturated heterocycles. The summed E-state index contributed by atoms with van der Waals surface area (Å²) in [6.45, 7) is 6.17. The Morgan fingerprint density at radius 1 is 0.963 bits per heavy atom. The van der Waals surface area contributed by atoms with Crippen LogP contribution in [-0.2, 0) is 14.3 Å². The van der Waals surface area contributed by atoms with Crippen LogP contribution in [0.4, 0.5) is 0 Å². The van der Waals surface area contributed by atoms with Crippen molar-refractivity contribution < 1.29 is 19.4 Å². The smallest absolute Gasteiger partial charge is 0.303 e. The molecule has 8 atom stereocenters. The maximum Gasteiger partial charge on any atom is 0.303 e. The van der Waals surface area contributed by atoms with Gasteiger partial charge >= 0.3 is 5.97 Å². The second-order valence-electron chi connectivity index (χ2n) is 10.5. The Morgan fingerprint density at radius 2 is 1.67 bits per heavy atom. The van der Waals surface area contributed by atoms with Gasteiger partial charge in [0.25, 0.3) is 0 Å². The van der Waals surface area contributed by atoms with Crippen molar-refractivity contribution in [2.24, 2.45) is 40.4 Å². The molecular formula is C23H36O4. The molecule has 0 radical (unpaired) electrons. The van der Waals surface area contributed by atoms with E-state index in [1.807, 2.05) is 0 Å². The van der Waals surface area contributed by atoms with Crippen molar-refractivity contribution in [1.82, 2.24) is 0 Å². The first-order valence-electron chi connectivity index (χ1n) is 11.1. The van der Waals surface area contributed by atoms with Crippen molar-refractivity contribution in [3.8, 4) is 0 Å². The lowest BCUT2D eigenvalue weighted by molar-refractivity contribution is -0.151. The number of aliphatic hydroxyl groups is 1. The van der Waals surface area contributed by atoms with Gasteiger partial charge in [-0.1, -0.05) is 13.8 Å². The number of ether oxygens (including phenoxy) is 1. The molecule has 4 saturated carbocycles. The molecule has 0 aromatic heterocycles. The first kappa shape index (κ1) is 19.4. The lowest BCUT2D eigenvalue weighted by Crippen LogP contribution is -2.54. The van der Waals surface area contributed by atoms with Crippen LogP contribution in [0.2, 0.25) is 0 Å². The number of hydrogen-bond acceptors (Lipinski definition) is 4. The molecule has 0 spiro atoms. The summed E-state index contributed by atoms with van der Waals surface area (Å²) in [6.07, 6.45) is 9.99. The molecule has 4 aliphatic carbocycles. The highest BCUT2D eigenvalue weighted by Gasteiger charge is 2.61. The highest BCUT2D eigenvalue weighted by atomic mass is 16.5. The van der Waals surface area contributed by atoms with E-state index in [0.29, 0.717) is 17.3 Å². The number of rotatable bonds is 3. The molecule has 4 aliphatic rings. The van der Waals surface area contributed by atoms with Gasteiger partial charge in [0.05, 0.1) is 6.10 Å². The molecule has 0 amide bonds. The number of esters is 1. The van der Waals surface area contributed by atoms with Gasteiger partial charge in [0, 0.05) is 12.8 Å². The van der Waals surface area contributed by atoms with Crippen LogP contribution >= 0.6 is 0 Å². The fraction of sp³-hybridized carbons (Fsp3) is 0.913. The lowest BCUT2D eigenvalue weighted by atomic mass is 9.44. The van der Waals surface area contributed by atoms with Crippen molar-refractivity contribution in [2.75, 3.05) is 6.61 Å².